The monoisotopic (exact) mass is 389 g/mol. The predicted octanol–water partition coefficient (Wildman–Crippen LogP) is 5.36. The molecule has 150 valence electrons. The van der Waals surface area contributed by atoms with E-state index in [0.717, 1.165) is 35.4 Å². The highest BCUT2D eigenvalue weighted by molar-refractivity contribution is 5.78. The van der Waals surface area contributed by atoms with Crippen molar-refractivity contribution >= 4 is 6.03 Å². The van der Waals surface area contributed by atoms with Crippen LogP contribution in [0.4, 0.5) is 4.79 Å². The highest BCUT2D eigenvalue weighted by atomic mass is 16.5. The van der Waals surface area contributed by atoms with E-state index >= 15 is 0 Å². The first-order chi connectivity index (χ1) is 14.2. The van der Waals surface area contributed by atoms with Gasteiger partial charge in [-0.05, 0) is 42.7 Å². The zero-order valence-electron chi connectivity index (χ0n) is 16.8. The van der Waals surface area contributed by atoms with Crippen molar-refractivity contribution in [2.45, 2.75) is 44.8 Å². The van der Waals surface area contributed by atoms with E-state index in [-0.39, 0.29) is 6.03 Å². The predicted molar refractivity (Wildman–Crippen MR) is 114 cm³/mol. The molecule has 5 heteroatoms. The number of nitrogens with zero attached hydrogens (tertiary/aromatic N) is 3. The molecule has 1 aromatic heterocycles. The number of hydrogen-bond acceptors (Lipinski definition) is 3. The molecular formula is C24H27N3O2. The molecule has 0 radical (unpaired) electrons. The van der Waals surface area contributed by atoms with Gasteiger partial charge in [0, 0.05) is 24.8 Å². The van der Waals surface area contributed by atoms with E-state index in [9.17, 15) is 4.79 Å². The summed E-state index contributed by atoms with van der Waals surface area (Å²) in [5, 5.41) is 0. The SMILES string of the molecule is CN(C(=O)n1cnc(-c2ccc(OCc3ccccc3)cc2)c1)C1CCCCC1. The number of benzene rings is 2. The van der Waals surface area contributed by atoms with Crippen LogP contribution in [0.15, 0.2) is 67.1 Å². The second-order valence-electron chi connectivity index (χ2n) is 7.65. The van der Waals surface area contributed by atoms with Crippen LogP contribution in [0.3, 0.4) is 0 Å². The molecule has 0 atom stereocenters. The molecule has 1 amide bonds. The van der Waals surface area contributed by atoms with Crippen molar-refractivity contribution in [3.63, 3.8) is 0 Å². The van der Waals surface area contributed by atoms with E-state index < -0.39 is 0 Å². The summed E-state index contributed by atoms with van der Waals surface area (Å²) >= 11 is 0. The number of ether oxygens (including phenoxy) is 1. The van der Waals surface area contributed by atoms with Gasteiger partial charge < -0.3 is 9.64 Å². The number of amides is 1. The van der Waals surface area contributed by atoms with Crippen molar-refractivity contribution in [3.05, 3.63) is 72.7 Å². The third kappa shape index (κ3) is 4.67. The number of carbonyl (C=O) groups is 1. The lowest BCUT2D eigenvalue weighted by Gasteiger charge is -2.31. The largest absolute Gasteiger partial charge is 0.489 e. The summed E-state index contributed by atoms with van der Waals surface area (Å²) in [4.78, 5) is 19.1. The summed E-state index contributed by atoms with van der Waals surface area (Å²) in [5.41, 5.74) is 2.88. The maximum atomic E-state index is 12.8. The highest BCUT2D eigenvalue weighted by Gasteiger charge is 2.23. The standard InChI is InChI=1S/C24H27N3O2/c1-26(21-10-6-3-7-11-21)24(28)27-16-23(25-18-27)20-12-14-22(15-13-20)29-17-19-8-4-2-5-9-19/h2,4-5,8-9,12-16,18,21H,3,6-7,10-11,17H2,1H3. The number of carbonyl (C=O) groups excluding carboxylic acids is 1. The molecular weight excluding hydrogens is 362 g/mol. The molecule has 29 heavy (non-hydrogen) atoms. The number of aromatic nitrogens is 2. The van der Waals surface area contributed by atoms with Gasteiger partial charge in [-0.15, -0.1) is 0 Å². The molecule has 2 aromatic carbocycles. The van der Waals surface area contributed by atoms with Crippen LogP contribution in [0.5, 0.6) is 5.75 Å². The van der Waals surface area contributed by atoms with Crippen molar-refractivity contribution in [3.8, 4) is 17.0 Å². The Morgan fingerprint density at radius 3 is 2.52 bits per heavy atom. The Kier molecular flexibility index (Phi) is 5.94. The molecule has 0 N–H and O–H groups in total. The van der Waals surface area contributed by atoms with Gasteiger partial charge >= 0.3 is 6.03 Å². The van der Waals surface area contributed by atoms with Gasteiger partial charge in [-0.2, -0.15) is 0 Å². The molecule has 0 bridgehead atoms. The summed E-state index contributed by atoms with van der Waals surface area (Å²) in [6.07, 6.45) is 9.28. The van der Waals surface area contributed by atoms with Crippen molar-refractivity contribution in [1.29, 1.82) is 0 Å². The van der Waals surface area contributed by atoms with E-state index in [2.05, 4.69) is 4.98 Å². The third-order valence-corrected chi connectivity index (χ3v) is 5.63. The molecule has 1 fully saturated rings. The zero-order chi connectivity index (χ0) is 20.1. The molecule has 1 saturated carbocycles. The molecule has 1 aliphatic carbocycles. The van der Waals surface area contributed by atoms with E-state index in [1.807, 2.05) is 72.7 Å². The topological polar surface area (TPSA) is 47.4 Å². The summed E-state index contributed by atoms with van der Waals surface area (Å²) in [7, 11) is 1.90. The molecule has 1 aliphatic rings. The second-order valence-corrected chi connectivity index (χ2v) is 7.65. The molecule has 5 nitrogen and oxygen atoms in total. The van der Waals surface area contributed by atoms with E-state index in [1.165, 1.54) is 19.3 Å². The minimum atomic E-state index is -0.0153. The fourth-order valence-electron chi connectivity index (χ4n) is 3.85. The van der Waals surface area contributed by atoms with Crippen molar-refractivity contribution in [2.24, 2.45) is 0 Å². The van der Waals surface area contributed by atoms with Gasteiger partial charge in [0.25, 0.3) is 0 Å². The first kappa shape index (κ1) is 19.2. The average molecular weight is 389 g/mol. The average Bonchev–Trinajstić information content (AvgIpc) is 3.28. The smallest absolute Gasteiger partial charge is 0.329 e. The summed E-state index contributed by atoms with van der Waals surface area (Å²) in [6, 6.07) is 18.2. The van der Waals surface area contributed by atoms with E-state index in [1.54, 1.807) is 10.9 Å². The fraction of sp³-hybridized carbons (Fsp3) is 0.333. The van der Waals surface area contributed by atoms with Crippen molar-refractivity contribution in [1.82, 2.24) is 14.5 Å². The summed E-state index contributed by atoms with van der Waals surface area (Å²) < 4.78 is 7.43. The van der Waals surface area contributed by atoms with Crippen molar-refractivity contribution < 1.29 is 9.53 Å². The van der Waals surface area contributed by atoms with Crippen LogP contribution in [0.2, 0.25) is 0 Å². The van der Waals surface area contributed by atoms with Crippen LogP contribution in [0.25, 0.3) is 11.3 Å². The van der Waals surface area contributed by atoms with Gasteiger partial charge in [0.1, 0.15) is 18.7 Å². The van der Waals surface area contributed by atoms with Gasteiger partial charge in [-0.3, -0.25) is 4.57 Å². The fourth-order valence-corrected chi connectivity index (χ4v) is 3.85. The maximum absolute atomic E-state index is 12.8. The first-order valence-corrected chi connectivity index (χ1v) is 10.3. The lowest BCUT2D eigenvalue weighted by atomic mass is 9.95. The van der Waals surface area contributed by atoms with Gasteiger partial charge in [0.2, 0.25) is 0 Å². The van der Waals surface area contributed by atoms with Crippen molar-refractivity contribution in [2.75, 3.05) is 7.05 Å². The molecule has 0 spiro atoms. The van der Waals surface area contributed by atoms with Crippen LogP contribution in [-0.4, -0.2) is 33.6 Å². The molecule has 0 unspecified atom stereocenters. The second kappa shape index (κ2) is 8.95. The van der Waals surface area contributed by atoms with Crippen LogP contribution in [0, 0.1) is 0 Å². The highest BCUT2D eigenvalue weighted by Crippen LogP contribution is 2.24. The normalized spacial score (nSPS) is 14.5. The molecule has 4 rings (SSSR count). The Labute approximate surface area is 171 Å². The lowest BCUT2D eigenvalue weighted by Crippen LogP contribution is -2.40. The summed E-state index contributed by atoms with van der Waals surface area (Å²) in [5.74, 6) is 0.810. The lowest BCUT2D eigenvalue weighted by molar-refractivity contribution is 0.175. The van der Waals surface area contributed by atoms with Crippen LogP contribution in [0.1, 0.15) is 37.7 Å². The summed E-state index contributed by atoms with van der Waals surface area (Å²) in [6.45, 7) is 0.539. The van der Waals surface area contributed by atoms with Gasteiger partial charge in [0.05, 0.1) is 5.69 Å². The number of rotatable bonds is 5. The number of hydrogen-bond donors (Lipinski definition) is 0. The Morgan fingerprint density at radius 2 is 1.79 bits per heavy atom. The maximum Gasteiger partial charge on any atom is 0.329 e. The van der Waals surface area contributed by atoms with Gasteiger partial charge in [0.15, 0.2) is 0 Å². The Balaban J connectivity index is 1.39. The minimum absolute atomic E-state index is 0.0153. The molecule has 3 aromatic rings. The van der Waals surface area contributed by atoms with Crippen LogP contribution in [-0.2, 0) is 6.61 Å². The molecule has 0 saturated heterocycles. The zero-order valence-corrected chi connectivity index (χ0v) is 16.8. The van der Waals surface area contributed by atoms with Gasteiger partial charge in [-0.1, -0.05) is 49.6 Å². The van der Waals surface area contributed by atoms with Crippen LogP contribution >= 0.6 is 0 Å². The Hall–Kier alpha value is -3.08. The third-order valence-electron chi connectivity index (χ3n) is 5.63. The number of imidazole rings is 1. The van der Waals surface area contributed by atoms with E-state index in [4.69, 9.17) is 4.74 Å². The Morgan fingerprint density at radius 1 is 1.07 bits per heavy atom. The van der Waals surface area contributed by atoms with Crippen LogP contribution < -0.4 is 4.74 Å². The molecule has 0 aliphatic heterocycles. The van der Waals surface area contributed by atoms with E-state index in [0.29, 0.717) is 12.6 Å². The first-order valence-electron chi connectivity index (χ1n) is 10.3. The Bertz CT molecular complexity index is 928. The van der Waals surface area contributed by atoms with Gasteiger partial charge in [-0.25, -0.2) is 9.78 Å². The molecule has 1 heterocycles. The quantitative estimate of drug-likeness (QED) is 0.590. The minimum Gasteiger partial charge on any atom is -0.489 e.